The van der Waals surface area contributed by atoms with Crippen LogP contribution in [0.15, 0.2) is 42.9 Å². The van der Waals surface area contributed by atoms with Crippen molar-refractivity contribution in [2.24, 2.45) is 0 Å². The molecule has 1 aromatic carbocycles. The minimum Gasteiger partial charge on any atom is -0.221 e. The maximum Gasteiger partial charge on any atom is 0.155 e. The molecule has 0 saturated carbocycles. The molecule has 0 spiro atoms. The SMILES string of the molecule is c1ccc2cn3ncnc3cc2c1. The zero-order valence-corrected chi connectivity index (χ0v) is 6.88. The van der Waals surface area contributed by atoms with Gasteiger partial charge in [0.15, 0.2) is 5.65 Å². The normalized spacial score (nSPS) is 11.1. The van der Waals surface area contributed by atoms with E-state index in [4.69, 9.17) is 0 Å². The molecule has 0 aliphatic heterocycles. The molecule has 2 heterocycles. The van der Waals surface area contributed by atoms with Gasteiger partial charge in [0.2, 0.25) is 0 Å². The summed E-state index contributed by atoms with van der Waals surface area (Å²) in [6.45, 7) is 0. The Hall–Kier alpha value is -1.90. The Morgan fingerprint density at radius 3 is 2.85 bits per heavy atom. The van der Waals surface area contributed by atoms with Gasteiger partial charge in [-0.1, -0.05) is 24.3 Å². The molecule has 0 saturated heterocycles. The maximum atomic E-state index is 4.12. The monoisotopic (exact) mass is 169 g/mol. The minimum absolute atomic E-state index is 0.888. The summed E-state index contributed by atoms with van der Waals surface area (Å²) < 4.78 is 1.78. The molecule has 13 heavy (non-hydrogen) atoms. The number of aromatic nitrogens is 3. The van der Waals surface area contributed by atoms with Gasteiger partial charge in [-0.15, -0.1) is 0 Å². The van der Waals surface area contributed by atoms with Crippen molar-refractivity contribution in [3.8, 4) is 0 Å². The van der Waals surface area contributed by atoms with Gasteiger partial charge in [0.25, 0.3) is 0 Å². The molecule has 3 aromatic rings. The van der Waals surface area contributed by atoms with E-state index in [-0.39, 0.29) is 0 Å². The van der Waals surface area contributed by atoms with Crippen molar-refractivity contribution >= 4 is 16.4 Å². The zero-order chi connectivity index (χ0) is 8.67. The Bertz CT molecular complexity index is 519. The second kappa shape index (κ2) is 2.29. The van der Waals surface area contributed by atoms with E-state index in [9.17, 15) is 0 Å². The first kappa shape index (κ1) is 6.60. The van der Waals surface area contributed by atoms with Crippen LogP contribution in [0.5, 0.6) is 0 Å². The smallest absolute Gasteiger partial charge is 0.155 e. The zero-order valence-electron chi connectivity index (χ0n) is 6.88. The summed E-state index contributed by atoms with van der Waals surface area (Å²) in [6.07, 6.45) is 3.55. The largest absolute Gasteiger partial charge is 0.221 e. The third kappa shape index (κ3) is 0.902. The topological polar surface area (TPSA) is 30.2 Å². The van der Waals surface area contributed by atoms with E-state index in [2.05, 4.69) is 22.2 Å². The summed E-state index contributed by atoms with van der Waals surface area (Å²) in [4.78, 5) is 4.12. The number of pyridine rings is 1. The Morgan fingerprint density at radius 2 is 1.92 bits per heavy atom. The van der Waals surface area contributed by atoms with Gasteiger partial charge < -0.3 is 0 Å². The summed E-state index contributed by atoms with van der Waals surface area (Å²) in [5, 5.41) is 6.45. The van der Waals surface area contributed by atoms with Gasteiger partial charge in [0.1, 0.15) is 6.33 Å². The highest BCUT2D eigenvalue weighted by molar-refractivity contribution is 5.84. The lowest BCUT2D eigenvalue weighted by Gasteiger charge is -1.96. The quantitative estimate of drug-likeness (QED) is 0.514. The van der Waals surface area contributed by atoms with E-state index in [1.54, 1.807) is 10.8 Å². The molecule has 0 bridgehead atoms. The van der Waals surface area contributed by atoms with Crippen molar-refractivity contribution < 1.29 is 0 Å². The molecular formula is C10H7N3. The van der Waals surface area contributed by atoms with E-state index in [1.165, 1.54) is 10.8 Å². The average Bonchev–Trinajstić information content (AvgIpc) is 2.61. The lowest BCUT2D eigenvalue weighted by Crippen LogP contribution is -1.86. The van der Waals surface area contributed by atoms with Crippen molar-refractivity contribution in [3.63, 3.8) is 0 Å². The average molecular weight is 169 g/mol. The van der Waals surface area contributed by atoms with Crippen molar-refractivity contribution in [2.75, 3.05) is 0 Å². The summed E-state index contributed by atoms with van der Waals surface area (Å²) in [7, 11) is 0. The molecular weight excluding hydrogens is 162 g/mol. The lowest BCUT2D eigenvalue weighted by molar-refractivity contribution is 0.969. The molecule has 0 N–H and O–H groups in total. The maximum absolute atomic E-state index is 4.12. The number of hydrogen-bond acceptors (Lipinski definition) is 2. The Morgan fingerprint density at radius 1 is 1.08 bits per heavy atom. The van der Waals surface area contributed by atoms with Crippen molar-refractivity contribution in [1.82, 2.24) is 14.6 Å². The fourth-order valence-electron chi connectivity index (χ4n) is 1.49. The number of hydrogen-bond donors (Lipinski definition) is 0. The third-order valence-corrected chi connectivity index (χ3v) is 2.14. The molecule has 62 valence electrons. The van der Waals surface area contributed by atoms with Gasteiger partial charge in [-0.25, -0.2) is 9.50 Å². The molecule has 0 fully saturated rings. The van der Waals surface area contributed by atoms with Crippen LogP contribution in [-0.2, 0) is 0 Å². The van der Waals surface area contributed by atoms with E-state index in [1.807, 2.05) is 24.4 Å². The molecule has 0 radical (unpaired) electrons. The van der Waals surface area contributed by atoms with Crippen LogP contribution in [0, 0.1) is 0 Å². The molecule has 0 aliphatic rings. The second-order valence-corrected chi connectivity index (χ2v) is 2.97. The fraction of sp³-hybridized carbons (Fsp3) is 0. The lowest BCUT2D eigenvalue weighted by atomic mass is 10.2. The molecule has 0 atom stereocenters. The highest BCUT2D eigenvalue weighted by Crippen LogP contribution is 2.14. The predicted octanol–water partition coefficient (Wildman–Crippen LogP) is 1.88. The first-order chi connectivity index (χ1) is 6.43. The first-order valence-electron chi connectivity index (χ1n) is 4.12. The van der Waals surface area contributed by atoms with Crippen LogP contribution in [-0.4, -0.2) is 14.6 Å². The van der Waals surface area contributed by atoms with Crippen LogP contribution >= 0.6 is 0 Å². The molecule has 3 rings (SSSR count). The molecule has 3 heteroatoms. The molecule has 3 nitrogen and oxygen atoms in total. The predicted molar refractivity (Wildman–Crippen MR) is 50.5 cm³/mol. The number of rotatable bonds is 0. The Kier molecular flexibility index (Phi) is 1.16. The summed E-state index contributed by atoms with van der Waals surface area (Å²) >= 11 is 0. The summed E-state index contributed by atoms with van der Waals surface area (Å²) in [6, 6.07) is 10.2. The van der Waals surface area contributed by atoms with Crippen LogP contribution in [0.3, 0.4) is 0 Å². The van der Waals surface area contributed by atoms with Crippen LogP contribution in [0.4, 0.5) is 0 Å². The number of nitrogens with zero attached hydrogens (tertiary/aromatic N) is 3. The molecule has 0 unspecified atom stereocenters. The van der Waals surface area contributed by atoms with Crippen LogP contribution < -0.4 is 0 Å². The highest BCUT2D eigenvalue weighted by Gasteiger charge is 1.96. The third-order valence-electron chi connectivity index (χ3n) is 2.14. The van der Waals surface area contributed by atoms with E-state index < -0.39 is 0 Å². The number of fused-ring (bicyclic) bond motifs is 2. The van der Waals surface area contributed by atoms with Crippen LogP contribution in [0.1, 0.15) is 0 Å². The van der Waals surface area contributed by atoms with Gasteiger partial charge in [-0.2, -0.15) is 5.10 Å². The Labute approximate surface area is 74.6 Å². The van der Waals surface area contributed by atoms with Gasteiger partial charge in [-0.05, 0) is 11.5 Å². The van der Waals surface area contributed by atoms with Crippen molar-refractivity contribution in [2.45, 2.75) is 0 Å². The minimum atomic E-state index is 0.888. The van der Waals surface area contributed by atoms with Crippen LogP contribution in [0.2, 0.25) is 0 Å². The second-order valence-electron chi connectivity index (χ2n) is 2.97. The van der Waals surface area contributed by atoms with E-state index in [0.29, 0.717) is 0 Å². The summed E-state index contributed by atoms with van der Waals surface area (Å²) in [5.74, 6) is 0. The van der Waals surface area contributed by atoms with Crippen molar-refractivity contribution in [3.05, 3.63) is 42.9 Å². The first-order valence-corrected chi connectivity index (χ1v) is 4.12. The van der Waals surface area contributed by atoms with Crippen LogP contribution in [0.25, 0.3) is 16.4 Å². The van der Waals surface area contributed by atoms with E-state index in [0.717, 1.165) is 5.65 Å². The molecule has 0 aliphatic carbocycles. The Balaban J connectivity index is 2.57. The van der Waals surface area contributed by atoms with Gasteiger partial charge in [-0.3, -0.25) is 0 Å². The number of benzene rings is 1. The fourth-order valence-corrected chi connectivity index (χ4v) is 1.49. The van der Waals surface area contributed by atoms with E-state index >= 15 is 0 Å². The molecule has 0 amide bonds. The van der Waals surface area contributed by atoms with Crippen molar-refractivity contribution in [1.29, 1.82) is 0 Å². The van der Waals surface area contributed by atoms with Gasteiger partial charge in [0, 0.05) is 11.6 Å². The highest BCUT2D eigenvalue weighted by atomic mass is 15.3. The van der Waals surface area contributed by atoms with Gasteiger partial charge >= 0.3 is 0 Å². The molecule has 2 aromatic heterocycles. The standard InChI is InChI=1S/C10H7N3/c1-2-4-9-6-13-10(11-7-12-13)5-8(9)3-1/h1-7H. The van der Waals surface area contributed by atoms with Gasteiger partial charge in [0.05, 0.1) is 0 Å². The summed E-state index contributed by atoms with van der Waals surface area (Å²) in [5.41, 5.74) is 0.888.